The number of likely N-dealkylation sites (tertiary alicyclic amines) is 1. The molecule has 0 atom stereocenters. The van der Waals surface area contributed by atoms with Crippen molar-refractivity contribution in [2.75, 3.05) is 13.1 Å². The lowest BCUT2D eigenvalue weighted by Crippen LogP contribution is -2.41. The molecule has 4 nitrogen and oxygen atoms in total. The molecule has 136 valence electrons. The van der Waals surface area contributed by atoms with Crippen molar-refractivity contribution < 1.29 is 4.79 Å². The number of thiazole rings is 1. The van der Waals surface area contributed by atoms with Gasteiger partial charge in [-0.1, -0.05) is 19.3 Å². The van der Waals surface area contributed by atoms with E-state index in [0.29, 0.717) is 17.7 Å². The van der Waals surface area contributed by atoms with Gasteiger partial charge >= 0.3 is 0 Å². The molecule has 0 radical (unpaired) electrons. The molecular formula is C20H29N3OS. The van der Waals surface area contributed by atoms with Crippen LogP contribution >= 0.6 is 11.3 Å². The molecule has 2 aliphatic rings. The molecule has 5 heteroatoms. The number of aromatic nitrogens is 2. The second kappa shape index (κ2) is 6.75. The van der Waals surface area contributed by atoms with E-state index in [9.17, 15) is 4.79 Å². The number of hydrogen-bond acceptors (Lipinski definition) is 3. The Bertz CT molecular complexity index is 777. The fourth-order valence-electron chi connectivity index (χ4n) is 4.65. The largest absolute Gasteiger partial charge is 0.342 e. The third kappa shape index (κ3) is 3.01. The summed E-state index contributed by atoms with van der Waals surface area (Å²) in [6, 6.07) is 0. The van der Waals surface area contributed by atoms with Crippen LogP contribution in [0.4, 0.5) is 0 Å². The lowest BCUT2D eigenvalue weighted by atomic mass is 9.87. The highest BCUT2D eigenvalue weighted by Crippen LogP contribution is 2.36. The van der Waals surface area contributed by atoms with Gasteiger partial charge in [0.05, 0.1) is 5.69 Å². The maximum atomic E-state index is 12.8. The Morgan fingerprint density at radius 2 is 1.72 bits per heavy atom. The first-order valence-corrected chi connectivity index (χ1v) is 10.6. The number of nitrogens with zero attached hydrogens (tertiary/aromatic N) is 3. The monoisotopic (exact) mass is 359 g/mol. The van der Waals surface area contributed by atoms with Gasteiger partial charge in [0.15, 0.2) is 0 Å². The molecule has 4 rings (SSSR count). The highest BCUT2D eigenvalue weighted by Gasteiger charge is 2.31. The summed E-state index contributed by atoms with van der Waals surface area (Å²) < 4.78 is 2.31. The Labute approximate surface area is 154 Å². The van der Waals surface area contributed by atoms with Crippen LogP contribution in [-0.4, -0.2) is 33.3 Å². The van der Waals surface area contributed by atoms with E-state index in [-0.39, 0.29) is 0 Å². The number of amides is 1. The number of carbonyl (C=O) groups excluding carboxylic acids is 1. The van der Waals surface area contributed by atoms with Crippen molar-refractivity contribution >= 4 is 22.1 Å². The normalized spacial score (nSPS) is 20.5. The molecule has 2 aromatic rings. The van der Waals surface area contributed by atoms with Gasteiger partial charge in [0.1, 0.15) is 10.7 Å². The van der Waals surface area contributed by atoms with Crippen LogP contribution < -0.4 is 0 Å². The molecule has 0 unspecified atom stereocenters. The fraction of sp³-hybridized carbons (Fsp3) is 0.700. The number of hydrogen-bond donors (Lipinski definition) is 0. The van der Waals surface area contributed by atoms with E-state index in [0.717, 1.165) is 44.6 Å². The van der Waals surface area contributed by atoms with Gasteiger partial charge in [-0.2, -0.15) is 0 Å². The first-order chi connectivity index (χ1) is 12.1. The van der Waals surface area contributed by atoms with E-state index in [2.05, 4.69) is 30.1 Å². The summed E-state index contributed by atoms with van der Waals surface area (Å²) >= 11 is 1.87. The molecule has 2 fully saturated rings. The van der Waals surface area contributed by atoms with E-state index < -0.39 is 0 Å². The highest BCUT2D eigenvalue weighted by molar-refractivity contribution is 7.17. The van der Waals surface area contributed by atoms with E-state index in [1.807, 2.05) is 11.3 Å². The van der Waals surface area contributed by atoms with Crippen molar-refractivity contribution in [3.63, 3.8) is 0 Å². The van der Waals surface area contributed by atoms with Gasteiger partial charge in [0, 0.05) is 35.5 Å². The minimum atomic E-state index is 0.300. The number of piperidine rings is 1. The van der Waals surface area contributed by atoms with Crippen molar-refractivity contribution in [1.82, 2.24) is 14.3 Å². The van der Waals surface area contributed by atoms with Crippen LogP contribution in [0.5, 0.6) is 0 Å². The zero-order valence-electron chi connectivity index (χ0n) is 15.7. The standard InChI is InChI=1S/C20H29N3OS/c1-13-14(2)25-20-18(21-15(3)23(13)20)16-9-11-22(12-10-16)19(24)17-7-5-4-6-8-17/h16-17H,4-12H2,1-3H3. The quantitative estimate of drug-likeness (QED) is 0.785. The van der Waals surface area contributed by atoms with Gasteiger partial charge in [-0.3, -0.25) is 9.20 Å². The second-order valence-electron chi connectivity index (χ2n) is 7.86. The molecule has 1 saturated carbocycles. The Hall–Kier alpha value is -1.36. The van der Waals surface area contributed by atoms with E-state index in [4.69, 9.17) is 4.98 Å². The predicted molar refractivity (Wildman–Crippen MR) is 102 cm³/mol. The lowest BCUT2D eigenvalue weighted by molar-refractivity contribution is -0.137. The number of carbonyl (C=O) groups is 1. The van der Waals surface area contributed by atoms with E-state index >= 15 is 0 Å². The Balaban J connectivity index is 1.47. The number of fused-ring (bicyclic) bond motifs is 1. The maximum absolute atomic E-state index is 12.8. The molecule has 3 heterocycles. The SMILES string of the molecule is Cc1sc2c(C3CCN(C(=O)C4CCCCC4)CC3)nc(C)n2c1C. The summed E-state index contributed by atoms with van der Waals surface area (Å²) in [5.41, 5.74) is 2.59. The molecule has 2 aromatic heterocycles. The van der Waals surface area contributed by atoms with Crippen molar-refractivity contribution in [3.8, 4) is 0 Å². The fourth-order valence-corrected chi connectivity index (χ4v) is 5.86. The second-order valence-corrected chi connectivity index (χ2v) is 9.07. The molecule has 1 aliphatic heterocycles. The third-order valence-corrected chi connectivity index (χ3v) is 7.46. The maximum Gasteiger partial charge on any atom is 0.225 e. The summed E-state index contributed by atoms with van der Waals surface area (Å²) in [6.45, 7) is 8.30. The molecule has 1 aliphatic carbocycles. The van der Waals surface area contributed by atoms with Gasteiger partial charge in [-0.15, -0.1) is 11.3 Å². The summed E-state index contributed by atoms with van der Waals surface area (Å²) in [7, 11) is 0. The van der Waals surface area contributed by atoms with Crippen LogP contribution in [0, 0.1) is 26.7 Å². The first kappa shape index (κ1) is 17.1. The molecule has 0 aromatic carbocycles. The molecule has 1 saturated heterocycles. The average molecular weight is 360 g/mol. The zero-order chi connectivity index (χ0) is 17.6. The third-order valence-electron chi connectivity index (χ3n) is 6.27. The molecule has 0 bridgehead atoms. The minimum Gasteiger partial charge on any atom is -0.342 e. The van der Waals surface area contributed by atoms with Crippen molar-refractivity contribution in [2.24, 2.45) is 5.92 Å². The van der Waals surface area contributed by atoms with Gasteiger partial charge in [-0.05, 0) is 46.5 Å². The Morgan fingerprint density at radius 1 is 1.04 bits per heavy atom. The van der Waals surface area contributed by atoms with Crippen LogP contribution in [0.2, 0.25) is 0 Å². The predicted octanol–water partition coefficient (Wildman–Crippen LogP) is 4.61. The smallest absolute Gasteiger partial charge is 0.225 e. The number of imidazole rings is 1. The van der Waals surface area contributed by atoms with Gasteiger partial charge < -0.3 is 4.90 Å². The Morgan fingerprint density at radius 3 is 2.40 bits per heavy atom. The Kier molecular flexibility index (Phi) is 4.61. The van der Waals surface area contributed by atoms with Crippen LogP contribution in [0.25, 0.3) is 4.83 Å². The average Bonchev–Trinajstić information content (AvgIpc) is 3.12. The zero-order valence-corrected chi connectivity index (χ0v) is 16.5. The summed E-state index contributed by atoms with van der Waals surface area (Å²) in [5.74, 6) is 2.32. The topological polar surface area (TPSA) is 37.6 Å². The van der Waals surface area contributed by atoms with Crippen LogP contribution in [0.3, 0.4) is 0 Å². The van der Waals surface area contributed by atoms with Crippen LogP contribution in [0.15, 0.2) is 0 Å². The lowest BCUT2D eigenvalue weighted by Gasteiger charge is -2.34. The highest BCUT2D eigenvalue weighted by atomic mass is 32.1. The molecule has 0 spiro atoms. The van der Waals surface area contributed by atoms with Crippen LogP contribution in [0.1, 0.15) is 73.0 Å². The minimum absolute atomic E-state index is 0.300. The molecular weight excluding hydrogens is 330 g/mol. The van der Waals surface area contributed by atoms with Crippen molar-refractivity contribution in [2.45, 2.75) is 71.6 Å². The molecule has 0 N–H and O–H groups in total. The van der Waals surface area contributed by atoms with E-state index in [1.165, 1.54) is 40.4 Å². The van der Waals surface area contributed by atoms with Crippen molar-refractivity contribution in [3.05, 3.63) is 22.1 Å². The van der Waals surface area contributed by atoms with E-state index in [1.54, 1.807) is 0 Å². The number of aryl methyl sites for hydroxylation is 3. The summed E-state index contributed by atoms with van der Waals surface area (Å²) in [6.07, 6.45) is 8.09. The van der Waals surface area contributed by atoms with Crippen LogP contribution in [-0.2, 0) is 4.79 Å². The number of rotatable bonds is 2. The van der Waals surface area contributed by atoms with Gasteiger partial charge in [-0.25, -0.2) is 4.98 Å². The summed E-state index contributed by atoms with van der Waals surface area (Å²) in [4.78, 5) is 22.5. The van der Waals surface area contributed by atoms with Gasteiger partial charge in [0.2, 0.25) is 5.91 Å². The van der Waals surface area contributed by atoms with Gasteiger partial charge in [0.25, 0.3) is 0 Å². The first-order valence-electron chi connectivity index (χ1n) is 9.80. The molecule has 25 heavy (non-hydrogen) atoms. The molecule has 1 amide bonds. The summed E-state index contributed by atoms with van der Waals surface area (Å²) in [5, 5.41) is 0. The van der Waals surface area contributed by atoms with Crippen molar-refractivity contribution in [1.29, 1.82) is 0 Å².